The van der Waals surface area contributed by atoms with Gasteiger partial charge in [0.1, 0.15) is 5.56 Å². The third-order valence-corrected chi connectivity index (χ3v) is 6.00. The van der Waals surface area contributed by atoms with E-state index >= 15 is 0 Å². The lowest BCUT2D eigenvalue weighted by Crippen LogP contribution is -2.32. The van der Waals surface area contributed by atoms with Crippen molar-refractivity contribution in [2.45, 2.75) is 37.1 Å². The molecular formula is C12H17N3O4S. The number of carboxylic acids is 1. The summed E-state index contributed by atoms with van der Waals surface area (Å²) in [5.74, 6) is -0.938. The molecule has 1 unspecified atom stereocenters. The predicted octanol–water partition coefficient (Wildman–Crippen LogP) is 0.966. The highest BCUT2D eigenvalue weighted by Gasteiger charge is 2.51. The molecule has 0 saturated heterocycles. The SMILES string of the molecule is O=C(O)c1cn[nH]c1S(=O)(=O)NCC1CCCC12CC2. The van der Waals surface area contributed by atoms with Gasteiger partial charge in [0.15, 0.2) is 5.03 Å². The summed E-state index contributed by atoms with van der Waals surface area (Å²) in [5, 5.41) is 14.3. The molecule has 1 aromatic rings. The van der Waals surface area contributed by atoms with Crippen LogP contribution in [0.3, 0.4) is 0 Å². The highest BCUT2D eigenvalue weighted by Crippen LogP contribution is 2.61. The van der Waals surface area contributed by atoms with Gasteiger partial charge in [-0.1, -0.05) is 6.42 Å². The van der Waals surface area contributed by atoms with E-state index in [1.807, 2.05) is 0 Å². The number of sulfonamides is 1. The highest BCUT2D eigenvalue weighted by molar-refractivity contribution is 7.89. The average molecular weight is 299 g/mol. The highest BCUT2D eigenvalue weighted by atomic mass is 32.2. The zero-order valence-electron chi connectivity index (χ0n) is 10.9. The van der Waals surface area contributed by atoms with Crippen molar-refractivity contribution >= 4 is 16.0 Å². The average Bonchev–Trinajstić information content (AvgIpc) is 2.85. The lowest BCUT2D eigenvalue weighted by atomic mass is 9.93. The molecule has 1 spiro atoms. The van der Waals surface area contributed by atoms with E-state index in [2.05, 4.69) is 14.9 Å². The molecule has 0 bridgehead atoms. The number of carboxylic acid groups (broad SMARTS) is 1. The molecule has 2 fully saturated rings. The van der Waals surface area contributed by atoms with E-state index in [-0.39, 0.29) is 10.6 Å². The zero-order valence-corrected chi connectivity index (χ0v) is 11.7. The van der Waals surface area contributed by atoms with E-state index in [0.29, 0.717) is 17.9 Å². The Kier molecular flexibility index (Phi) is 3.09. The number of hydrogen-bond acceptors (Lipinski definition) is 4. The topological polar surface area (TPSA) is 112 Å². The summed E-state index contributed by atoms with van der Waals surface area (Å²) >= 11 is 0. The van der Waals surface area contributed by atoms with Crippen LogP contribution < -0.4 is 4.72 Å². The van der Waals surface area contributed by atoms with Crippen LogP contribution in [0, 0.1) is 11.3 Å². The van der Waals surface area contributed by atoms with Gasteiger partial charge in [-0.05, 0) is 37.0 Å². The summed E-state index contributed by atoms with van der Waals surface area (Å²) in [6, 6.07) is 0. The summed E-state index contributed by atoms with van der Waals surface area (Å²) in [7, 11) is -3.85. The molecular weight excluding hydrogens is 282 g/mol. The number of nitrogens with zero attached hydrogens (tertiary/aromatic N) is 1. The van der Waals surface area contributed by atoms with Crippen LogP contribution >= 0.6 is 0 Å². The summed E-state index contributed by atoms with van der Waals surface area (Å²) in [4.78, 5) is 11.0. The third kappa shape index (κ3) is 2.22. The molecule has 1 heterocycles. The Hall–Kier alpha value is -1.41. The molecule has 3 rings (SSSR count). The van der Waals surface area contributed by atoms with Gasteiger partial charge in [0.25, 0.3) is 10.0 Å². The summed E-state index contributed by atoms with van der Waals surface area (Å²) in [5.41, 5.74) is 0.0247. The number of hydrogen-bond donors (Lipinski definition) is 3. The first-order valence-electron chi connectivity index (χ1n) is 6.71. The standard InChI is InChI=1S/C12H17N3O4S/c16-11(17)9-7-13-15-10(9)20(18,19)14-6-8-2-1-3-12(8)4-5-12/h7-8,14H,1-6H2,(H,13,15)(H,16,17). The van der Waals surface area contributed by atoms with Crippen LogP contribution in [0.2, 0.25) is 0 Å². The van der Waals surface area contributed by atoms with Crippen LogP contribution in [0.15, 0.2) is 11.2 Å². The fourth-order valence-electron chi connectivity index (χ4n) is 3.26. The van der Waals surface area contributed by atoms with E-state index in [1.54, 1.807) is 0 Å². The maximum absolute atomic E-state index is 12.2. The number of rotatable bonds is 5. The Balaban J connectivity index is 1.73. The van der Waals surface area contributed by atoms with Crippen LogP contribution in [0.4, 0.5) is 0 Å². The largest absolute Gasteiger partial charge is 0.478 e. The number of aromatic amines is 1. The molecule has 110 valence electrons. The van der Waals surface area contributed by atoms with Crippen molar-refractivity contribution in [3.8, 4) is 0 Å². The van der Waals surface area contributed by atoms with Crippen LogP contribution in [-0.2, 0) is 10.0 Å². The number of carbonyl (C=O) groups is 1. The second-order valence-electron chi connectivity index (χ2n) is 5.72. The van der Waals surface area contributed by atoms with Crippen molar-refractivity contribution in [1.82, 2.24) is 14.9 Å². The Bertz CT molecular complexity index is 633. The van der Waals surface area contributed by atoms with E-state index in [0.717, 1.165) is 19.0 Å². The molecule has 0 aliphatic heterocycles. The third-order valence-electron chi connectivity index (χ3n) is 4.61. The van der Waals surface area contributed by atoms with E-state index in [4.69, 9.17) is 5.11 Å². The minimum atomic E-state index is -3.85. The molecule has 0 radical (unpaired) electrons. The lowest BCUT2D eigenvalue weighted by Gasteiger charge is -2.18. The monoisotopic (exact) mass is 299 g/mol. The van der Waals surface area contributed by atoms with Crippen LogP contribution in [0.1, 0.15) is 42.5 Å². The van der Waals surface area contributed by atoms with E-state index in [9.17, 15) is 13.2 Å². The molecule has 2 aliphatic rings. The second kappa shape index (κ2) is 4.56. The Morgan fingerprint density at radius 2 is 2.25 bits per heavy atom. The minimum Gasteiger partial charge on any atom is -0.478 e. The quantitative estimate of drug-likeness (QED) is 0.750. The van der Waals surface area contributed by atoms with Gasteiger partial charge in [-0.2, -0.15) is 5.10 Å². The molecule has 3 N–H and O–H groups in total. The van der Waals surface area contributed by atoms with Gasteiger partial charge in [-0.3, -0.25) is 5.10 Å². The Morgan fingerprint density at radius 1 is 1.50 bits per heavy atom. The number of aromatic carboxylic acids is 1. The number of aromatic nitrogens is 2. The molecule has 1 atom stereocenters. The first-order valence-corrected chi connectivity index (χ1v) is 8.19. The lowest BCUT2D eigenvalue weighted by molar-refractivity contribution is 0.0692. The van der Waals surface area contributed by atoms with Crippen LogP contribution in [-0.4, -0.2) is 36.2 Å². The van der Waals surface area contributed by atoms with Crippen molar-refractivity contribution in [1.29, 1.82) is 0 Å². The fourth-order valence-corrected chi connectivity index (χ4v) is 4.43. The molecule has 0 amide bonds. The van der Waals surface area contributed by atoms with Crippen molar-refractivity contribution in [2.24, 2.45) is 11.3 Å². The van der Waals surface area contributed by atoms with Crippen molar-refractivity contribution in [2.75, 3.05) is 6.54 Å². The van der Waals surface area contributed by atoms with Crippen LogP contribution in [0.25, 0.3) is 0 Å². The van der Waals surface area contributed by atoms with Gasteiger partial charge >= 0.3 is 5.97 Å². The molecule has 7 nitrogen and oxygen atoms in total. The molecule has 8 heteroatoms. The Labute approximate surface area is 116 Å². The van der Waals surface area contributed by atoms with E-state index in [1.165, 1.54) is 19.3 Å². The predicted molar refractivity (Wildman–Crippen MR) is 69.7 cm³/mol. The summed E-state index contributed by atoms with van der Waals surface area (Å²) < 4.78 is 26.9. The second-order valence-corrected chi connectivity index (χ2v) is 7.43. The fraction of sp³-hybridized carbons (Fsp3) is 0.667. The molecule has 2 saturated carbocycles. The van der Waals surface area contributed by atoms with Crippen LogP contribution in [0.5, 0.6) is 0 Å². The van der Waals surface area contributed by atoms with E-state index < -0.39 is 16.0 Å². The van der Waals surface area contributed by atoms with Gasteiger partial charge in [0, 0.05) is 6.54 Å². The van der Waals surface area contributed by atoms with Crippen molar-refractivity contribution in [3.63, 3.8) is 0 Å². The van der Waals surface area contributed by atoms with Gasteiger partial charge in [0.05, 0.1) is 6.20 Å². The summed E-state index contributed by atoms with van der Waals surface area (Å²) in [6.07, 6.45) is 6.75. The molecule has 2 aliphatic carbocycles. The normalized spacial score (nSPS) is 24.1. The summed E-state index contributed by atoms with van der Waals surface area (Å²) in [6.45, 7) is 0.375. The number of H-pyrrole nitrogens is 1. The van der Waals surface area contributed by atoms with Gasteiger partial charge < -0.3 is 5.11 Å². The first kappa shape index (κ1) is 13.6. The molecule has 1 aromatic heterocycles. The van der Waals surface area contributed by atoms with Crippen molar-refractivity contribution in [3.05, 3.63) is 11.8 Å². The zero-order chi connectivity index (χ0) is 14.4. The maximum atomic E-state index is 12.2. The maximum Gasteiger partial charge on any atom is 0.340 e. The number of nitrogens with one attached hydrogen (secondary N) is 2. The molecule has 20 heavy (non-hydrogen) atoms. The van der Waals surface area contributed by atoms with Gasteiger partial charge in [-0.25, -0.2) is 17.9 Å². The van der Waals surface area contributed by atoms with Crippen molar-refractivity contribution < 1.29 is 18.3 Å². The van der Waals surface area contributed by atoms with Gasteiger partial charge in [0.2, 0.25) is 0 Å². The molecule has 0 aromatic carbocycles. The minimum absolute atomic E-state index is 0.329. The first-order chi connectivity index (χ1) is 9.45. The Morgan fingerprint density at radius 3 is 2.90 bits per heavy atom. The van der Waals surface area contributed by atoms with Gasteiger partial charge in [-0.15, -0.1) is 0 Å². The smallest absolute Gasteiger partial charge is 0.340 e.